The minimum Gasteiger partial charge on any atom is -0.246 e. The SMILES string of the molecule is Cc1nc(S(=O)(=O)C(C)CCl)cc2n[nH]c(=O)n12. The third-order valence-corrected chi connectivity index (χ3v) is 5.25. The lowest BCUT2D eigenvalue weighted by atomic mass is 10.5. The molecule has 1 atom stereocenters. The monoisotopic (exact) mass is 290 g/mol. The summed E-state index contributed by atoms with van der Waals surface area (Å²) in [5.41, 5.74) is -0.239. The van der Waals surface area contributed by atoms with Crippen molar-refractivity contribution in [2.75, 3.05) is 5.88 Å². The first-order chi connectivity index (χ1) is 8.37. The number of fused-ring (bicyclic) bond motifs is 1. The molecule has 0 aliphatic carbocycles. The lowest BCUT2D eigenvalue weighted by Crippen LogP contribution is -2.22. The van der Waals surface area contributed by atoms with Gasteiger partial charge in [-0.15, -0.1) is 11.6 Å². The van der Waals surface area contributed by atoms with Gasteiger partial charge >= 0.3 is 5.69 Å². The van der Waals surface area contributed by atoms with Crippen molar-refractivity contribution in [1.29, 1.82) is 0 Å². The summed E-state index contributed by atoms with van der Waals surface area (Å²) in [7, 11) is -3.61. The van der Waals surface area contributed by atoms with Gasteiger partial charge in [0.05, 0.1) is 5.25 Å². The maximum absolute atomic E-state index is 12.1. The number of hydrogen-bond donors (Lipinski definition) is 1. The van der Waals surface area contributed by atoms with E-state index in [1.807, 2.05) is 0 Å². The number of aromatic nitrogens is 4. The van der Waals surface area contributed by atoms with Gasteiger partial charge < -0.3 is 0 Å². The molecule has 0 aromatic carbocycles. The zero-order chi connectivity index (χ0) is 13.5. The summed E-state index contributed by atoms with van der Waals surface area (Å²) in [6, 6.07) is 1.25. The minimum absolute atomic E-state index is 0.0262. The highest BCUT2D eigenvalue weighted by molar-refractivity contribution is 7.92. The van der Waals surface area contributed by atoms with Gasteiger partial charge in [0.15, 0.2) is 20.5 Å². The Morgan fingerprint density at radius 2 is 2.22 bits per heavy atom. The fraction of sp³-hybridized carbons (Fsp3) is 0.444. The van der Waals surface area contributed by atoms with Crippen LogP contribution in [0.2, 0.25) is 0 Å². The molecule has 0 bridgehead atoms. The van der Waals surface area contributed by atoms with Crippen LogP contribution in [0.1, 0.15) is 12.7 Å². The van der Waals surface area contributed by atoms with Gasteiger partial charge in [-0.3, -0.25) is 0 Å². The van der Waals surface area contributed by atoms with E-state index in [1.165, 1.54) is 24.3 Å². The van der Waals surface area contributed by atoms with Crippen LogP contribution in [-0.4, -0.2) is 39.1 Å². The average molecular weight is 291 g/mol. The largest absolute Gasteiger partial charge is 0.349 e. The highest BCUT2D eigenvalue weighted by Gasteiger charge is 2.25. The molecule has 2 rings (SSSR count). The van der Waals surface area contributed by atoms with Gasteiger partial charge in [0.25, 0.3) is 0 Å². The Morgan fingerprint density at radius 3 is 2.83 bits per heavy atom. The standard InChI is InChI=1S/C9H11ClN4O3S/c1-5(4-10)18(16,17)8-3-7-12-13-9(15)14(7)6(2)11-8/h3,5H,4H2,1-2H3,(H,13,15). The van der Waals surface area contributed by atoms with Gasteiger partial charge in [-0.05, 0) is 13.8 Å². The predicted molar refractivity (Wildman–Crippen MR) is 65.7 cm³/mol. The van der Waals surface area contributed by atoms with E-state index >= 15 is 0 Å². The molecule has 1 N–H and O–H groups in total. The number of aromatic amines is 1. The van der Waals surface area contributed by atoms with E-state index in [0.717, 1.165) is 0 Å². The molecule has 0 saturated carbocycles. The third kappa shape index (κ3) is 1.91. The second kappa shape index (κ2) is 4.36. The zero-order valence-electron chi connectivity index (χ0n) is 9.71. The summed E-state index contributed by atoms with van der Waals surface area (Å²) in [4.78, 5) is 15.3. The topological polar surface area (TPSA) is 97.2 Å². The molecule has 1 unspecified atom stereocenters. The number of halogens is 1. The van der Waals surface area contributed by atoms with E-state index in [0.29, 0.717) is 0 Å². The minimum atomic E-state index is -3.61. The molecule has 18 heavy (non-hydrogen) atoms. The van der Waals surface area contributed by atoms with Gasteiger partial charge in [0.1, 0.15) is 5.82 Å². The van der Waals surface area contributed by atoms with Crippen molar-refractivity contribution >= 4 is 27.1 Å². The normalized spacial score (nSPS) is 13.9. The number of nitrogens with zero attached hydrogens (tertiary/aromatic N) is 3. The maximum atomic E-state index is 12.1. The summed E-state index contributed by atoms with van der Waals surface area (Å²) in [6.07, 6.45) is 0. The Labute approximate surface area is 108 Å². The molecule has 0 amide bonds. The second-order valence-corrected chi connectivity index (χ2v) is 6.50. The average Bonchev–Trinajstić information content (AvgIpc) is 2.70. The lowest BCUT2D eigenvalue weighted by molar-refractivity contribution is 0.583. The van der Waals surface area contributed by atoms with E-state index < -0.39 is 20.8 Å². The fourth-order valence-corrected chi connectivity index (χ4v) is 3.11. The Morgan fingerprint density at radius 1 is 1.56 bits per heavy atom. The molecule has 2 aromatic heterocycles. The first-order valence-electron chi connectivity index (χ1n) is 5.12. The highest BCUT2D eigenvalue weighted by Crippen LogP contribution is 2.16. The summed E-state index contributed by atoms with van der Waals surface area (Å²) >= 11 is 5.56. The summed E-state index contributed by atoms with van der Waals surface area (Å²) in [6.45, 7) is 3.04. The van der Waals surface area contributed by atoms with Crippen LogP contribution in [-0.2, 0) is 9.84 Å². The number of aryl methyl sites for hydroxylation is 1. The number of nitrogens with one attached hydrogen (secondary N) is 1. The Balaban J connectivity index is 2.72. The van der Waals surface area contributed by atoms with Crippen LogP contribution in [0.4, 0.5) is 0 Å². The summed E-state index contributed by atoms with van der Waals surface area (Å²) in [5, 5.41) is 5.09. The van der Waals surface area contributed by atoms with E-state index in [4.69, 9.17) is 11.6 Å². The Bertz CT molecular complexity index is 749. The Kier molecular flexibility index (Phi) is 3.16. The third-order valence-electron chi connectivity index (χ3n) is 2.58. The van der Waals surface area contributed by atoms with Crippen LogP contribution in [0, 0.1) is 6.92 Å². The fourth-order valence-electron chi connectivity index (χ4n) is 1.51. The van der Waals surface area contributed by atoms with Crippen LogP contribution in [0.5, 0.6) is 0 Å². The molecule has 0 saturated heterocycles. The molecule has 0 spiro atoms. The molecule has 0 radical (unpaired) electrons. The lowest BCUT2D eigenvalue weighted by Gasteiger charge is -2.09. The van der Waals surface area contributed by atoms with Crippen LogP contribution in [0.3, 0.4) is 0 Å². The van der Waals surface area contributed by atoms with Crippen molar-refractivity contribution in [3.05, 3.63) is 22.4 Å². The molecule has 0 aliphatic heterocycles. The van der Waals surface area contributed by atoms with E-state index in [2.05, 4.69) is 15.2 Å². The first-order valence-corrected chi connectivity index (χ1v) is 7.20. The van der Waals surface area contributed by atoms with Crippen molar-refractivity contribution in [2.24, 2.45) is 0 Å². The van der Waals surface area contributed by atoms with E-state index in [-0.39, 0.29) is 22.4 Å². The maximum Gasteiger partial charge on any atom is 0.349 e. The molecule has 0 aliphatic rings. The van der Waals surface area contributed by atoms with Crippen molar-refractivity contribution in [1.82, 2.24) is 19.6 Å². The molecular weight excluding hydrogens is 280 g/mol. The van der Waals surface area contributed by atoms with Gasteiger partial charge in [-0.25, -0.2) is 27.7 Å². The van der Waals surface area contributed by atoms with Crippen molar-refractivity contribution in [2.45, 2.75) is 24.1 Å². The molecule has 2 aromatic rings. The van der Waals surface area contributed by atoms with Gasteiger partial charge in [0, 0.05) is 11.9 Å². The molecule has 98 valence electrons. The summed E-state index contributed by atoms with van der Waals surface area (Å²) < 4.78 is 25.4. The van der Waals surface area contributed by atoms with Crippen LogP contribution >= 0.6 is 11.6 Å². The van der Waals surface area contributed by atoms with Crippen molar-refractivity contribution in [3.63, 3.8) is 0 Å². The van der Waals surface area contributed by atoms with Gasteiger partial charge in [-0.2, -0.15) is 5.10 Å². The molecule has 0 fully saturated rings. The molecule has 7 nitrogen and oxygen atoms in total. The molecule has 9 heteroatoms. The Hall–Kier alpha value is -1.41. The molecule has 2 heterocycles. The van der Waals surface area contributed by atoms with Gasteiger partial charge in [0.2, 0.25) is 0 Å². The predicted octanol–water partition coefficient (Wildman–Crippen LogP) is 0.127. The number of sulfone groups is 1. The second-order valence-electron chi connectivity index (χ2n) is 3.87. The van der Waals surface area contributed by atoms with Crippen LogP contribution in [0.15, 0.2) is 15.9 Å². The van der Waals surface area contributed by atoms with E-state index in [9.17, 15) is 13.2 Å². The smallest absolute Gasteiger partial charge is 0.246 e. The van der Waals surface area contributed by atoms with Crippen LogP contribution < -0.4 is 5.69 Å². The first kappa shape index (κ1) is 13.0. The number of alkyl halides is 1. The number of hydrogen-bond acceptors (Lipinski definition) is 5. The van der Waals surface area contributed by atoms with Gasteiger partial charge in [-0.1, -0.05) is 0 Å². The van der Waals surface area contributed by atoms with Crippen LogP contribution in [0.25, 0.3) is 5.65 Å². The number of rotatable bonds is 3. The quantitative estimate of drug-likeness (QED) is 0.640. The highest BCUT2D eigenvalue weighted by atomic mass is 35.5. The van der Waals surface area contributed by atoms with Crippen molar-refractivity contribution in [3.8, 4) is 0 Å². The number of H-pyrrole nitrogens is 1. The van der Waals surface area contributed by atoms with Crippen molar-refractivity contribution < 1.29 is 8.42 Å². The summed E-state index contributed by atoms with van der Waals surface area (Å²) in [5.74, 6) is 0.230. The zero-order valence-corrected chi connectivity index (χ0v) is 11.3. The molecular formula is C9H11ClN4O3S. The van der Waals surface area contributed by atoms with E-state index in [1.54, 1.807) is 0 Å².